The molecule has 0 aliphatic rings. The lowest BCUT2D eigenvalue weighted by Crippen LogP contribution is -2.30. The molecule has 0 saturated heterocycles. The molecule has 0 unspecified atom stereocenters. The Morgan fingerprint density at radius 1 is 1.35 bits per heavy atom. The van der Waals surface area contributed by atoms with Gasteiger partial charge in [0.15, 0.2) is 0 Å². The van der Waals surface area contributed by atoms with Gasteiger partial charge in [-0.3, -0.25) is 4.79 Å². The number of nitrogens with zero attached hydrogens (tertiary/aromatic N) is 1. The zero-order chi connectivity index (χ0) is 12.4. The highest BCUT2D eigenvalue weighted by Gasteiger charge is 2.16. The van der Waals surface area contributed by atoms with E-state index in [9.17, 15) is 9.59 Å². The quantitative estimate of drug-likeness (QED) is 0.741. The molecule has 1 aromatic heterocycles. The molecule has 0 saturated carbocycles. The van der Waals surface area contributed by atoms with Crippen LogP contribution in [0.1, 0.15) is 17.3 Å². The van der Waals surface area contributed by atoms with Crippen molar-refractivity contribution >= 4 is 16.9 Å². The summed E-state index contributed by atoms with van der Waals surface area (Å²) in [7, 11) is 1.65. The van der Waals surface area contributed by atoms with E-state index in [1.807, 2.05) is 13.0 Å². The molecule has 0 aliphatic heterocycles. The van der Waals surface area contributed by atoms with Gasteiger partial charge in [0.05, 0.1) is 0 Å². The number of amides is 1. The van der Waals surface area contributed by atoms with E-state index in [-0.39, 0.29) is 11.5 Å². The average Bonchev–Trinajstić information content (AvgIpc) is 2.36. The summed E-state index contributed by atoms with van der Waals surface area (Å²) in [6.07, 6.45) is 0. The molecular formula is C13H13NO3. The second-order valence-electron chi connectivity index (χ2n) is 3.80. The third-order valence-electron chi connectivity index (χ3n) is 2.69. The maximum atomic E-state index is 11.9. The molecule has 0 atom stereocenters. The summed E-state index contributed by atoms with van der Waals surface area (Å²) in [5.74, 6) is -0.313. The molecule has 1 amide bonds. The number of carbonyl (C=O) groups is 1. The summed E-state index contributed by atoms with van der Waals surface area (Å²) in [4.78, 5) is 25.1. The van der Waals surface area contributed by atoms with Crippen LogP contribution in [0, 0.1) is 0 Å². The van der Waals surface area contributed by atoms with Crippen molar-refractivity contribution in [2.24, 2.45) is 0 Å². The van der Waals surface area contributed by atoms with E-state index in [1.165, 1.54) is 4.90 Å². The fraction of sp³-hybridized carbons (Fsp3) is 0.231. The number of rotatable bonds is 2. The van der Waals surface area contributed by atoms with Gasteiger partial charge in [0, 0.05) is 19.0 Å². The number of para-hydroxylation sites is 1. The van der Waals surface area contributed by atoms with E-state index < -0.39 is 5.63 Å². The van der Waals surface area contributed by atoms with Crippen LogP contribution in [0.25, 0.3) is 11.0 Å². The Labute approximate surface area is 98.5 Å². The largest absolute Gasteiger partial charge is 0.422 e. The van der Waals surface area contributed by atoms with Gasteiger partial charge in [0.2, 0.25) is 0 Å². The summed E-state index contributed by atoms with van der Waals surface area (Å²) < 4.78 is 5.11. The number of hydrogen-bond donors (Lipinski definition) is 0. The van der Waals surface area contributed by atoms with Crippen LogP contribution in [0.4, 0.5) is 0 Å². The summed E-state index contributed by atoms with van der Waals surface area (Å²) in [5, 5.41) is 0.750. The maximum Gasteiger partial charge on any atom is 0.349 e. The average molecular weight is 231 g/mol. The lowest BCUT2D eigenvalue weighted by atomic mass is 10.1. The summed E-state index contributed by atoms with van der Waals surface area (Å²) in [6.45, 7) is 2.39. The molecule has 2 rings (SSSR count). The first-order valence-electron chi connectivity index (χ1n) is 5.42. The van der Waals surface area contributed by atoms with Gasteiger partial charge in [-0.15, -0.1) is 0 Å². The Kier molecular flexibility index (Phi) is 2.95. The van der Waals surface area contributed by atoms with Crippen LogP contribution < -0.4 is 5.63 Å². The fourth-order valence-corrected chi connectivity index (χ4v) is 1.56. The predicted molar refractivity (Wildman–Crippen MR) is 65.1 cm³/mol. The van der Waals surface area contributed by atoms with Gasteiger partial charge in [-0.25, -0.2) is 4.79 Å². The number of fused-ring (bicyclic) bond motifs is 1. The fourth-order valence-electron chi connectivity index (χ4n) is 1.56. The molecule has 0 aliphatic carbocycles. The Morgan fingerprint density at radius 2 is 2.06 bits per heavy atom. The minimum Gasteiger partial charge on any atom is -0.422 e. The normalized spacial score (nSPS) is 10.5. The van der Waals surface area contributed by atoms with Crippen LogP contribution in [0.3, 0.4) is 0 Å². The molecule has 2 aromatic rings. The van der Waals surface area contributed by atoms with Crippen molar-refractivity contribution in [3.63, 3.8) is 0 Å². The standard InChI is InChI=1S/C13H13NO3/c1-3-14(2)12(15)10-8-9-6-4-5-7-11(9)17-13(10)16/h4-8H,3H2,1-2H3. The molecule has 88 valence electrons. The second-order valence-corrected chi connectivity index (χ2v) is 3.80. The number of hydrogen-bond acceptors (Lipinski definition) is 3. The van der Waals surface area contributed by atoms with E-state index in [0.717, 1.165) is 5.39 Å². The zero-order valence-corrected chi connectivity index (χ0v) is 9.77. The first-order chi connectivity index (χ1) is 8.13. The van der Waals surface area contributed by atoms with Crippen molar-refractivity contribution in [3.05, 3.63) is 46.3 Å². The maximum absolute atomic E-state index is 11.9. The van der Waals surface area contributed by atoms with Crippen LogP contribution in [0.2, 0.25) is 0 Å². The number of carbonyl (C=O) groups excluding carboxylic acids is 1. The molecule has 1 heterocycles. The van der Waals surface area contributed by atoms with Crippen LogP contribution >= 0.6 is 0 Å². The highest BCUT2D eigenvalue weighted by Crippen LogP contribution is 2.13. The smallest absolute Gasteiger partial charge is 0.349 e. The van der Waals surface area contributed by atoms with E-state index in [4.69, 9.17) is 4.42 Å². The molecule has 0 bridgehead atoms. The SMILES string of the molecule is CCN(C)C(=O)c1cc2ccccc2oc1=O. The Bertz CT molecular complexity index is 615. The van der Waals surface area contributed by atoms with Crippen LogP contribution in [-0.4, -0.2) is 24.4 Å². The first kappa shape index (κ1) is 11.4. The van der Waals surface area contributed by atoms with Crippen molar-refractivity contribution in [2.45, 2.75) is 6.92 Å². The lowest BCUT2D eigenvalue weighted by Gasteiger charge is -2.13. The number of benzene rings is 1. The summed E-state index contributed by atoms with van der Waals surface area (Å²) in [5.41, 5.74) is -0.0183. The van der Waals surface area contributed by atoms with E-state index in [0.29, 0.717) is 12.1 Å². The van der Waals surface area contributed by atoms with E-state index >= 15 is 0 Å². The van der Waals surface area contributed by atoms with Gasteiger partial charge in [-0.05, 0) is 19.1 Å². The third-order valence-corrected chi connectivity index (χ3v) is 2.69. The minimum atomic E-state index is -0.589. The lowest BCUT2D eigenvalue weighted by molar-refractivity contribution is 0.0798. The topological polar surface area (TPSA) is 50.5 Å². The monoisotopic (exact) mass is 231 g/mol. The summed E-state index contributed by atoms with van der Waals surface area (Å²) >= 11 is 0. The van der Waals surface area contributed by atoms with Gasteiger partial charge in [0.25, 0.3) is 5.91 Å². The van der Waals surface area contributed by atoms with E-state index in [2.05, 4.69) is 0 Å². The van der Waals surface area contributed by atoms with Gasteiger partial charge in [-0.1, -0.05) is 18.2 Å². The van der Waals surface area contributed by atoms with Crippen molar-refractivity contribution in [1.29, 1.82) is 0 Å². The third kappa shape index (κ3) is 2.06. The van der Waals surface area contributed by atoms with Crippen LogP contribution in [0.5, 0.6) is 0 Å². The Balaban J connectivity index is 2.59. The molecule has 4 nitrogen and oxygen atoms in total. The van der Waals surface area contributed by atoms with Crippen molar-refractivity contribution < 1.29 is 9.21 Å². The molecule has 17 heavy (non-hydrogen) atoms. The molecule has 0 N–H and O–H groups in total. The molecule has 4 heteroatoms. The van der Waals surface area contributed by atoms with Crippen molar-refractivity contribution in [2.75, 3.05) is 13.6 Å². The first-order valence-corrected chi connectivity index (χ1v) is 5.42. The zero-order valence-electron chi connectivity index (χ0n) is 9.77. The van der Waals surface area contributed by atoms with Crippen molar-refractivity contribution in [1.82, 2.24) is 4.90 Å². The van der Waals surface area contributed by atoms with Crippen molar-refractivity contribution in [3.8, 4) is 0 Å². The summed E-state index contributed by atoms with van der Waals surface area (Å²) in [6, 6.07) is 8.70. The second kappa shape index (κ2) is 4.41. The molecule has 0 radical (unpaired) electrons. The Hall–Kier alpha value is -2.10. The molecule has 1 aromatic carbocycles. The molecule has 0 fully saturated rings. The molecular weight excluding hydrogens is 218 g/mol. The minimum absolute atomic E-state index is 0.0769. The van der Waals surface area contributed by atoms with Gasteiger partial charge in [-0.2, -0.15) is 0 Å². The van der Waals surface area contributed by atoms with Crippen LogP contribution in [-0.2, 0) is 0 Å². The van der Waals surface area contributed by atoms with Gasteiger partial charge in [0.1, 0.15) is 11.1 Å². The highest BCUT2D eigenvalue weighted by molar-refractivity contribution is 5.96. The van der Waals surface area contributed by atoms with E-state index in [1.54, 1.807) is 31.3 Å². The highest BCUT2D eigenvalue weighted by atomic mass is 16.4. The molecule has 0 spiro atoms. The van der Waals surface area contributed by atoms with Gasteiger partial charge >= 0.3 is 5.63 Å². The van der Waals surface area contributed by atoms with Crippen LogP contribution in [0.15, 0.2) is 39.5 Å². The predicted octanol–water partition coefficient (Wildman–Crippen LogP) is 1.88. The Morgan fingerprint density at radius 3 is 2.76 bits per heavy atom. The van der Waals surface area contributed by atoms with Gasteiger partial charge < -0.3 is 9.32 Å².